The predicted molar refractivity (Wildman–Crippen MR) is 76.7 cm³/mol. The lowest BCUT2D eigenvalue weighted by molar-refractivity contribution is 0.0945. The molecule has 0 radical (unpaired) electrons. The third kappa shape index (κ3) is 3.90. The molecule has 2 heterocycles. The Hall–Kier alpha value is -1.66. The van der Waals surface area contributed by atoms with E-state index in [1.54, 1.807) is 18.2 Å². The summed E-state index contributed by atoms with van der Waals surface area (Å²) in [6.07, 6.45) is 0. The van der Waals surface area contributed by atoms with E-state index in [1.165, 1.54) is 11.3 Å². The smallest absolute Gasteiger partial charge is 0.272 e. The highest BCUT2D eigenvalue weighted by Crippen LogP contribution is 2.21. The van der Waals surface area contributed by atoms with Crippen molar-refractivity contribution >= 4 is 34.7 Å². The standard InChI is InChI=1S/C12H13ClN4OS/c1-2-14-11-6-4-9(16-17-11)12(18)15-7-8-3-5-10(13)19-8/h3-6H,2,7H2,1H3,(H,14,17)(H,15,18). The zero-order valence-corrected chi connectivity index (χ0v) is 11.9. The Bertz CT molecular complexity index is 555. The highest BCUT2D eigenvalue weighted by molar-refractivity contribution is 7.16. The Kier molecular flexibility index (Phi) is 4.70. The quantitative estimate of drug-likeness (QED) is 0.890. The van der Waals surface area contributed by atoms with Gasteiger partial charge in [0.05, 0.1) is 10.9 Å². The molecule has 0 spiro atoms. The van der Waals surface area contributed by atoms with E-state index in [0.29, 0.717) is 22.4 Å². The lowest BCUT2D eigenvalue weighted by Crippen LogP contribution is -2.23. The summed E-state index contributed by atoms with van der Waals surface area (Å²) in [5.41, 5.74) is 0.296. The van der Waals surface area contributed by atoms with Crippen LogP contribution in [0.5, 0.6) is 0 Å². The number of amides is 1. The number of carbonyl (C=O) groups excluding carboxylic acids is 1. The first-order chi connectivity index (χ1) is 9.19. The van der Waals surface area contributed by atoms with Gasteiger partial charge < -0.3 is 10.6 Å². The number of anilines is 1. The fraction of sp³-hybridized carbons (Fsp3) is 0.250. The van der Waals surface area contributed by atoms with Crippen LogP contribution in [0.15, 0.2) is 24.3 Å². The molecule has 2 aromatic rings. The van der Waals surface area contributed by atoms with Gasteiger partial charge in [0.15, 0.2) is 5.69 Å². The molecule has 0 aliphatic heterocycles. The third-order valence-corrected chi connectivity index (χ3v) is 3.54. The van der Waals surface area contributed by atoms with Crippen molar-refractivity contribution < 1.29 is 4.79 Å². The fourth-order valence-corrected chi connectivity index (χ4v) is 2.46. The largest absolute Gasteiger partial charge is 0.369 e. The zero-order valence-electron chi connectivity index (χ0n) is 10.3. The van der Waals surface area contributed by atoms with Crippen molar-refractivity contribution in [2.45, 2.75) is 13.5 Å². The molecule has 0 saturated heterocycles. The Morgan fingerprint density at radius 2 is 2.16 bits per heavy atom. The lowest BCUT2D eigenvalue weighted by Gasteiger charge is -2.04. The van der Waals surface area contributed by atoms with Crippen LogP contribution in [-0.4, -0.2) is 22.6 Å². The van der Waals surface area contributed by atoms with Crippen molar-refractivity contribution in [2.24, 2.45) is 0 Å². The van der Waals surface area contributed by atoms with Gasteiger partial charge in [-0.2, -0.15) is 0 Å². The van der Waals surface area contributed by atoms with Gasteiger partial charge in [-0.3, -0.25) is 4.79 Å². The van der Waals surface area contributed by atoms with Crippen LogP contribution in [0.25, 0.3) is 0 Å². The van der Waals surface area contributed by atoms with Crippen molar-refractivity contribution in [1.82, 2.24) is 15.5 Å². The van der Waals surface area contributed by atoms with E-state index in [0.717, 1.165) is 11.4 Å². The number of nitrogens with one attached hydrogen (secondary N) is 2. The van der Waals surface area contributed by atoms with Crippen LogP contribution in [0.3, 0.4) is 0 Å². The summed E-state index contributed by atoms with van der Waals surface area (Å²) in [6.45, 7) is 3.17. The molecule has 0 bridgehead atoms. The molecule has 0 fully saturated rings. The minimum Gasteiger partial charge on any atom is -0.369 e. The van der Waals surface area contributed by atoms with Crippen LogP contribution in [0.1, 0.15) is 22.3 Å². The average molecular weight is 297 g/mol. The molecular weight excluding hydrogens is 284 g/mol. The van der Waals surface area contributed by atoms with Crippen molar-refractivity contribution in [1.29, 1.82) is 0 Å². The summed E-state index contributed by atoms with van der Waals surface area (Å²) in [7, 11) is 0. The highest BCUT2D eigenvalue weighted by atomic mass is 35.5. The fourth-order valence-electron chi connectivity index (χ4n) is 1.43. The van der Waals surface area contributed by atoms with Gasteiger partial charge in [-0.05, 0) is 31.2 Å². The number of hydrogen-bond acceptors (Lipinski definition) is 5. The molecule has 100 valence electrons. The Balaban J connectivity index is 1.92. The van der Waals surface area contributed by atoms with E-state index < -0.39 is 0 Å². The summed E-state index contributed by atoms with van der Waals surface area (Å²) in [6, 6.07) is 7.06. The van der Waals surface area contributed by atoms with Gasteiger partial charge >= 0.3 is 0 Å². The van der Waals surface area contributed by atoms with Crippen molar-refractivity contribution in [3.63, 3.8) is 0 Å². The number of nitrogens with zero attached hydrogens (tertiary/aromatic N) is 2. The maximum absolute atomic E-state index is 11.8. The van der Waals surface area contributed by atoms with Crippen molar-refractivity contribution in [3.8, 4) is 0 Å². The molecule has 0 aromatic carbocycles. The van der Waals surface area contributed by atoms with Gasteiger partial charge in [0.25, 0.3) is 5.91 Å². The minimum atomic E-state index is -0.250. The molecular formula is C12H13ClN4OS. The summed E-state index contributed by atoms with van der Waals surface area (Å²) >= 11 is 7.25. The summed E-state index contributed by atoms with van der Waals surface area (Å²) in [5, 5.41) is 13.6. The Morgan fingerprint density at radius 1 is 1.32 bits per heavy atom. The monoisotopic (exact) mass is 296 g/mol. The Morgan fingerprint density at radius 3 is 2.74 bits per heavy atom. The second-order valence-corrected chi connectivity index (χ2v) is 5.52. The van der Waals surface area contributed by atoms with Crippen LogP contribution in [-0.2, 0) is 6.54 Å². The second-order valence-electron chi connectivity index (χ2n) is 3.72. The van der Waals surface area contributed by atoms with E-state index in [4.69, 9.17) is 11.6 Å². The van der Waals surface area contributed by atoms with E-state index in [1.807, 2.05) is 13.0 Å². The number of thiophene rings is 1. The molecule has 2 N–H and O–H groups in total. The van der Waals surface area contributed by atoms with Gasteiger partial charge in [0.2, 0.25) is 0 Å². The second kappa shape index (κ2) is 6.49. The number of rotatable bonds is 5. The van der Waals surface area contributed by atoms with Gasteiger partial charge in [-0.1, -0.05) is 11.6 Å². The molecule has 0 aliphatic carbocycles. The summed E-state index contributed by atoms with van der Waals surface area (Å²) in [4.78, 5) is 12.8. The third-order valence-electron chi connectivity index (χ3n) is 2.31. The van der Waals surface area contributed by atoms with Crippen molar-refractivity contribution in [3.05, 3.63) is 39.2 Å². The minimum absolute atomic E-state index is 0.250. The molecule has 0 unspecified atom stereocenters. The van der Waals surface area contributed by atoms with Crippen LogP contribution in [0.2, 0.25) is 4.34 Å². The highest BCUT2D eigenvalue weighted by Gasteiger charge is 2.08. The first-order valence-electron chi connectivity index (χ1n) is 5.79. The van der Waals surface area contributed by atoms with E-state index >= 15 is 0 Å². The number of hydrogen-bond donors (Lipinski definition) is 2. The molecule has 1 amide bonds. The van der Waals surface area contributed by atoms with Crippen molar-refractivity contribution in [2.75, 3.05) is 11.9 Å². The van der Waals surface area contributed by atoms with Crippen LogP contribution in [0.4, 0.5) is 5.82 Å². The predicted octanol–water partition coefficient (Wildman–Crippen LogP) is 2.55. The molecule has 5 nitrogen and oxygen atoms in total. The topological polar surface area (TPSA) is 66.9 Å². The van der Waals surface area contributed by atoms with Crippen LogP contribution in [0, 0.1) is 0 Å². The number of aromatic nitrogens is 2. The maximum atomic E-state index is 11.8. The van der Waals surface area contributed by atoms with Gasteiger partial charge in [-0.15, -0.1) is 21.5 Å². The molecule has 0 atom stereocenters. The average Bonchev–Trinajstić information content (AvgIpc) is 2.83. The summed E-state index contributed by atoms with van der Waals surface area (Å²) < 4.78 is 0.707. The van der Waals surface area contributed by atoms with Crippen LogP contribution < -0.4 is 10.6 Å². The first-order valence-corrected chi connectivity index (χ1v) is 6.98. The lowest BCUT2D eigenvalue weighted by atomic mass is 10.3. The number of carbonyl (C=O) groups is 1. The molecule has 0 aliphatic rings. The van der Waals surface area contributed by atoms with Gasteiger partial charge in [0, 0.05) is 11.4 Å². The van der Waals surface area contributed by atoms with Gasteiger partial charge in [-0.25, -0.2) is 0 Å². The summed E-state index contributed by atoms with van der Waals surface area (Å²) in [5.74, 6) is 0.407. The molecule has 7 heteroatoms. The van der Waals surface area contributed by atoms with E-state index in [-0.39, 0.29) is 5.91 Å². The maximum Gasteiger partial charge on any atom is 0.272 e. The van der Waals surface area contributed by atoms with E-state index in [2.05, 4.69) is 20.8 Å². The van der Waals surface area contributed by atoms with Gasteiger partial charge in [0.1, 0.15) is 5.82 Å². The Labute approximate surface area is 120 Å². The number of halogens is 1. The van der Waals surface area contributed by atoms with Crippen LogP contribution >= 0.6 is 22.9 Å². The molecule has 0 saturated carbocycles. The first kappa shape index (κ1) is 13.8. The SMILES string of the molecule is CCNc1ccc(C(=O)NCc2ccc(Cl)s2)nn1. The molecule has 19 heavy (non-hydrogen) atoms. The molecule has 2 rings (SSSR count). The molecule has 2 aromatic heterocycles. The van der Waals surface area contributed by atoms with E-state index in [9.17, 15) is 4.79 Å². The normalized spacial score (nSPS) is 10.2. The zero-order chi connectivity index (χ0) is 13.7.